The quantitative estimate of drug-likeness (QED) is 0.850. The fourth-order valence-corrected chi connectivity index (χ4v) is 2.92. The minimum atomic E-state index is -0.117. The Morgan fingerprint density at radius 3 is 2.72 bits per heavy atom. The molecule has 1 aromatic heterocycles. The summed E-state index contributed by atoms with van der Waals surface area (Å²) >= 11 is 1.42. The molecule has 2 rings (SSSR count). The summed E-state index contributed by atoms with van der Waals surface area (Å²) in [5.41, 5.74) is 0. The molecule has 1 atom stereocenters. The molecule has 100 valence electrons. The molecule has 5 nitrogen and oxygen atoms in total. The highest BCUT2D eigenvalue weighted by Crippen LogP contribution is 2.23. The number of piperidine rings is 1. The van der Waals surface area contributed by atoms with Gasteiger partial charge in [0.05, 0.1) is 5.25 Å². The zero-order valence-corrected chi connectivity index (χ0v) is 12.0. The van der Waals surface area contributed by atoms with Crippen LogP contribution in [0.4, 0.5) is 0 Å². The zero-order valence-electron chi connectivity index (χ0n) is 11.1. The molecule has 0 aliphatic carbocycles. The molecule has 1 aliphatic rings. The van der Waals surface area contributed by atoms with Crippen molar-refractivity contribution in [2.45, 2.75) is 44.0 Å². The first-order valence-corrected chi connectivity index (χ1v) is 7.28. The molecule has 6 heteroatoms. The summed E-state index contributed by atoms with van der Waals surface area (Å²) < 4.78 is 0. The van der Waals surface area contributed by atoms with E-state index in [1.807, 2.05) is 18.7 Å². The SMILES string of the molecule is Cc1nc(SC(C)C(=O)N2CCC(C)CC2)n[nH]1. The lowest BCUT2D eigenvalue weighted by atomic mass is 9.99. The van der Waals surface area contributed by atoms with Crippen molar-refractivity contribution in [1.82, 2.24) is 20.1 Å². The van der Waals surface area contributed by atoms with Gasteiger partial charge in [-0.15, -0.1) is 5.10 Å². The number of thioether (sulfide) groups is 1. The molecule has 1 aromatic rings. The van der Waals surface area contributed by atoms with Gasteiger partial charge >= 0.3 is 0 Å². The Morgan fingerprint density at radius 2 is 2.17 bits per heavy atom. The van der Waals surface area contributed by atoms with Gasteiger partial charge in [0.15, 0.2) is 0 Å². The molecule has 0 radical (unpaired) electrons. The van der Waals surface area contributed by atoms with E-state index in [2.05, 4.69) is 22.1 Å². The lowest BCUT2D eigenvalue weighted by Gasteiger charge is -2.31. The highest BCUT2D eigenvalue weighted by molar-refractivity contribution is 8.00. The summed E-state index contributed by atoms with van der Waals surface area (Å²) in [4.78, 5) is 18.4. The lowest BCUT2D eigenvalue weighted by Crippen LogP contribution is -2.41. The van der Waals surface area contributed by atoms with Gasteiger partial charge < -0.3 is 4.90 Å². The van der Waals surface area contributed by atoms with Crippen molar-refractivity contribution in [2.24, 2.45) is 5.92 Å². The van der Waals surface area contributed by atoms with Crippen LogP contribution in [0.1, 0.15) is 32.5 Å². The standard InChI is InChI=1S/C12H20N4OS/c1-8-4-6-16(7-5-8)11(17)9(2)18-12-13-10(3)14-15-12/h8-9H,4-7H2,1-3H3,(H,13,14,15). The minimum absolute atomic E-state index is 0.117. The predicted molar refractivity (Wildman–Crippen MR) is 71.4 cm³/mol. The Kier molecular flexibility index (Phi) is 4.27. The Morgan fingerprint density at radius 1 is 1.50 bits per heavy atom. The van der Waals surface area contributed by atoms with E-state index in [9.17, 15) is 4.79 Å². The number of H-pyrrole nitrogens is 1. The van der Waals surface area contributed by atoms with Gasteiger partial charge in [-0.05, 0) is 32.6 Å². The number of hydrogen-bond donors (Lipinski definition) is 1. The van der Waals surface area contributed by atoms with Crippen LogP contribution in [0.15, 0.2) is 5.16 Å². The van der Waals surface area contributed by atoms with Gasteiger partial charge in [-0.1, -0.05) is 18.7 Å². The van der Waals surface area contributed by atoms with Gasteiger partial charge in [0.1, 0.15) is 5.82 Å². The smallest absolute Gasteiger partial charge is 0.235 e. The largest absolute Gasteiger partial charge is 0.342 e. The fourth-order valence-electron chi connectivity index (χ4n) is 2.07. The molecule has 1 unspecified atom stereocenters. The summed E-state index contributed by atoms with van der Waals surface area (Å²) in [6, 6.07) is 0. The summed E-state index contributed by atoms with van der Waals surface area (Å²) in [6.07, 6.45) is 2.23. The Balaban J connectivity index is 1.88. The third-order valence-corrected chi connectivity index (χ3v) is 4.25. The molecule has 1 amide bonds. The number of rotatable bonds is 3. The second-order valence-corrected chi connectivity index (χ2v) is 6.28. The van der Waals surface area contributed by atoms with Crippen LogP contribution in [0.2, 0.25) is 0 Å². The zero-order chi connectivity index (χ0) is 13.1. The van der Waals surface area contributed by atoms with Crippen LogP contribution < -0.4 is 0 Å². The molecule has 1 aliphatic heterocycles. The van der Waals surface area contributed by atoms with Gasteiger partial charge in [0, 0.05) is 13.1 Å². The van der Waals surface area contributed by atoms with E-state index in [0.717, 1.165) is 37.7 Å². The van der Waals surface area contributed by atoms with E-state index in [1.54, 1.807) is 0 Å². The second-order valence-electron chi connectivity index (χ2n) is 4.97. The van der Waals surface area contributed by atoms with Crippen LogP contribution in [-0.4, -0.2) is 44.3 Å². The molecule has 1 N–H and O–H groups in total. The molecule has 1 saturated heterocycles. The van der Waals surface area contributed by atoms with Gasteiger partial charge in [0.2, 0.25) is 11.1 Å². The molecule has 1 fully saturated rings. The van der Waals surface area contributed by atoms with Crippen molar-refractivity contribution >= 4 is 17.7 Å². The number of amides is 1. The van der Waals surface area contributed by atoms with Crippen molar-refractivity contribution in [3.63, 3.8) is 0 Å². The van der Waals surface area contributed by atoms with Crippen LogP contribution in [-0.2, 0) is 4.79 Å². The lowest BCUT2D eigenvalue weighted by molar-refractivity contribution is -0.131. The number of nitrogens with one attached hydrogen (secondary N) is 1. The highest BCUT2D eigenvalue weighted by Gasteiger charge is 2.25. The number of aromatic amines is 1. The summed E-state index contributed by atoms with van der Waals surface area (Å²) in [5.74, 6) is 1.73. The molecule has 2 heterocycles. The first-order chi connectivity index (χ1) is 8.56. The number of likely N-dealkylation sites (tertiary alicyclic amines) is 1. The molecule has 0 aromatic carbocycles. The molecular weight excluding hydrogens is 248 g/mol. The molecule has 0 bridgehead atoms. The van der Waals surface area contributed by atoms with E-state index in [-0.39, 0.29) is 11.2 Å². The van der Waals surface area contributed by atoms with E-state index in [1.165, 1.54) is 11.8 Å². The van der Waals surface area contributed by atoms with Crippen LogP contribution in [0, 0.1) is 12.8 Å². The Hall–Kier alpha value is -1.04. The van der Waals surface area contributed by atoms with Crippen molar-refractivity contribution in [1.29, 1.82) is 0 Å². The monoisotopic (exact) mass is 268 g/mol. The maximum Gasteiger partial charge on any atom is 0.235 e. The molecule has 0 saturated carbocycles. The minimum Gasteiger partial charge on any atom is -0.342 e. The van der Waals surface area contributed by atoms with E-state index in [0.29, 0.717) is 5.16 Å². The van der Waals surface area contributed by atoms with Crippen LogP contribution in [0.5, 0.6) is 0 Å². The Bertz CT molecular complexity index is 412. The van der Waals surface area contributed by atoms with Gasteiger partial charge in [-0.2, -0.15) is 0 Å². The fraction of sp³-hybridized carbons (Fsp3) is 0.750. The molecule has 0 spiro atoms. The van der Waals surface area contributed by atoms with Gasteiger partial charge in [0.25, 0.3) is 0 Å². The van der Waals surface area contributed by atoms with E-state index < -0.39 is 0 Å². The first-order valence-electron chi connectivity index (χ1n) is 6.40. The number of carbonyl (C=O) groups is 1. The van der Waals surface area contributed by atoms with Gasteiger partial charge in [-0.25, -0.2) is 4.98 Å². The number of nitrogens with zero attached hydrogens (tertiary/aromatic N) is 3. The normalized spacial score (nSPS) is 18.9. The predicted octanol–water partition coefficient (Wildman–Crippen LogP) is 1.85. The van der Waals surface area contributed by atoms with Crippen LogP contribution >= 0.6 is 11.8 Å². The van der Waals surface area contributed by atoms with Crippen molar-refractivity contribution in [3.05, 3.63) is 5.82 Å². The summed E-state index contributed by atoms with van der Waals surface area (Å²) in [7, 11) is 0. The Labute approximate surface area is 112 Å². The van der Waals surface area contributed by atoms with E-state index in [4.69, 9.17) is 0 Å². The average Bonchev–Trinajstić information content (AvgIpc) is 2.75. The number of hydrogen-bond acceptors (Lipinski definition) is 4. The third-order valence-electron chi connectivity index (χ3n) is 3.30. The maximum absolute atomic E-state index is 12.3. The van der Waals surface area contributed by atoms with E-state index >= 15 is 0 Å². The first kappa shape index (κ1) is 13.4. The van der Waals surface area contributed by atoms with Crippen LogP contribution in [0.3, 0.4) is 0 Å². The molecular formula is C12H20N4OS. The summed E-state index contributed by atoms with van der Waals surface area (Å²) in [6.45, 7) is 7.80. The van der Waals surface area contributed by atoms with Crippen molar-refractivity contribution in [2.75, 3.05) is 13.1 Å². The topological polar surface area (TPSA) is 61.9 Å². The second kappa shape index (κ2) is 5.73. The van der Waals surface area contributed by atoms with Gasteiger partial charge in [-0.3, -0.25) is 9.89 Å². The van der Waals surface area contributed by atoms with Crippen molar-refractivity contribution in [3.8, 4) is 0 Å². The van der Waals surface area contributed by atoms with Crippen LogP contribution in [0.25, 0.3) is 0 Å². The average molecular weight is 268 g/mol. The van der Waals surface area contributed by atoms with Crippen molar-refractivity contribution < 1.29 is 4.79 Å². The highest BCUT2D eigenvalue weighted by atomic mass is 32.2. The third kappa shape index (κ3) is 3.25. The summed E-state index contributed by atoms with van der Waals surface area (Å²) in [5, 5.41) is 7.38. The maximum atomic E-state index is 12.3. The molecule has 18 heavy (non-hydrogen) atoms. The number of carbonyl (C=O) groups excluding carboxylic acids is 1. The number of aromatic nitrogens is 3. The number of aryl methyl sites for hydroxylation is 1.